The molecule has 3 aromatic carbocycles. The number of carbonyl (C=O) groups is 2. The van der Waals surface area contributed by atoms with Crippen LogP contribution >= 0.6 is 11.6 Å². The molecule has 0 bridgehead atoms. The van der Waals surface area contributed by atoms with E-state index in [2.05, 4.69) is 10.0 Å². The molecule has 8 nitrogen and oxygen atoms in total. The summed E-state index contributed by atoms with van der Waals surface area (Å²) in [5.74, 6) is -0.791. The van der Waals surface area contributed by atoms with Crippen molar-refractivity contribution >= 4 is 44.9 Å². The number of ether oxygens (including phenoxy) is 1. The van der Waals surface area contributed by atoms with Gasteiger partial charge in [-0.3, -0.25) is 9.59 Å². The maximum Gasteiger partial charge on any atom is 0.309 e. The van der Waals surface area contributed by atoms with Crippen molar-refractivity contribution in [2.75, 3.05) is 29.9 Å². The molecule has 0 aromatic heterocycles. The van der Waals surface area contributed by atoms with Crippen molar-refractivity contribution in [2.45, 2.75) is 50.0 Å². The van der Waals surface area contributed by atoms with Crippen LogP contribution in [0.1, 0.15) is 60.1 Å². The summed E-state index contributed by atoms with van der Waals surface area (Å²) in [5.41, 5.74) is 3.44. The van der Waals surface area contributed by atoms with Crippen LogP contribution in [0.25, 0.3) is 0 Å². The van der Waals surface area contributed by atoms with Gasteiger partial charge in [0.05, 0.1) is 18.2 Å². The Morgan fingerprint density at radius 2 is 1.73 bits per heavy atom. The van der Waals surface area contributed by atoms with E-state index in [-0.39, 0.29) is 28.7 Å². The number of aryl methyl sites for hydroxylation is 1. The van der Waals surface area contributed by atoms with Gasteiger partial charge in [0.25, 0.3) is 5.91 Å². The molecule has 3 aromatic rings. The number of halogens is 1. The molecular formula is C31H34ClN3O5S. The summed E-state index contributed by atoms with van der Waals surface area (Å²) >= 11 is 5.96. The fraction of sp³-hybridized carbons (Fsp3) is 0.355. The zero-order chi connectivity index (χ0) is 29.0. The van der Waals surface area contributed by atoms with Crippen molar-refractivity contribution in [3.8, 4) is 0 Å². The van der Waals surface area contributed by atoms with Gasteiger partial charge in [-0.05, 0) is 92.6 Å². The van der Waals surface area contributed by atoms with E-state index in [1.54, 1.807) is 43.3 Å². The summed E-state index contributed by atoms with van der Waals surface area (Å²) in [6.45, 7) is 3.14. The molecule has 1 fully saturated rings. The number of anilines is 2. The highest BCUT2D eigenvalue weighted by atomic mass is 35.5. The molecule has 216 valence electrons. The molecule has 10 heteroatoms. The van der Waals surface area contributed by atoms with Crippen LogP contribution in [0, 0.1) is 5.92 Å². The Morgan fingerprint density at radius 1 is 1.00 bits per heavy atom. The van der Waals surface area contributed by atoms with E-state index in [1.165, 1.54) is 6.07 Å². The summed E-state index contributed by atoms with van der Waals surface area (Å²) in [4.78, 5) is 27.3. The molecule has 1 amide bonds. The maximum absolute atomic E-state index is 14.0. The lowest BCUT2D eigenvalue weighted by Crippen LogP contribution is -2.38. The van der Waals surface area contributed by atoms with E-state index in [1.807, 2.05) is 29.2 Å². The zero-order valence-electron chi connectivity index (χ0n) is 22.9. The van der Waals surface area contributed by atoms with E-state index in [0.717, 1.165) is 24.0 Å². The number of rotatable bonds is 8. The van der Waals surface area contributed by atoms with Crippen LogP contribution in [0.15, 0.2) is 71.6 Å². The standard InChI is InChI=1S/C31H34ClN3O5S/c1-2-40-31(37)23-16-18-35(19-17-23)28-15-14-25(33-30(36)22-10-12-24(32)13-11-22)20-29(28)41(38,39)34-27-9-5-7-21-6-3-4-8-26(21)27/h3-4,6,8,10-15,20,23,27,34H,2,5,7,9,16-19H2,1H3,(H,33,36)/t27-/m0/s1. The van der Waals surface area contributed by atoms with E-state index >= 15 is 0 Å². The maximum atomic E-state index is 14.0. The smallest absolute Gasteiger partial charge is 0.309 e. The van der Waals surface area contributed by atoms with Crippen molar-refractivity contribution in [1.29, 1.82) is 0 Å². The average Bonchev–Trinajstić information content (AvgIpc) is 2.98. The summed E-state index contributed by atoms with van der Waals surface area (Å²) in [5, 5.41) is 3.34. The van der Waals surface area contributed by atoms with E-state index < -0.39 is 10.0 Å². The molecule has 0 radical (unpaired) electrons. The molecule has 0 spiro atoms. The van der Waals surface area contributed by atoms with E-state index in [0.29, 0.717) is 60.9 Å². The Balaban J connectivity index is 1.44. The number of nitrogens with zero attached hydrogens (tertiary/aromatic N) is 1. The molecule has 41 heavy (non-hydrogen) atoms. The Labute approximate surface area is 246 Å². The third kappa shape index (κ3) is 6.74. The number of carbonyl (C=O) groups excluding carboxylic acids is 2. The van der Waals surface area contributed by atoms with E-state index in [9.17, 15) is 18.0 Å². The highest BCUT2D eigenvalue weighted by Gasteiger charge is 2.32. The lowest BCUT2D eigenvalue weighted by atomic mass is 9.88. The van der Waals surface area contributed by atoms with Gasteiger partial charge in [0.2, 0.25) is 10.0 Å². The zero-order valence-corrected chi connectivity index (χ0v) is 24.5. The first-order valence-electron chi connectivity index (χ1n) is 14.0. The van der Waals surface area contributed by atoms with Crippen LogP contribution in [0.2, 0.25) is 5.02 Å². The normalized spacial score (nSPS) is 17.5. The second kappa shape index (κ2) is 12.6. The number of fused-ring (bicyclic) bond motifs is 1. The number of sulfonamides is 1. The van der Waals surface area contributed by atoms with Gasteiger partial charge in [0.1, 0.15) is 4.90 Å². The van der Waals surface area contributed by atoms with Crippen LogP contribution < -0.4 is 14.9 Å². The molecule has 2 N–H and O–H groups in total. The van der Waals surface area contributed by atoms with Gasteiger partial charge in [0, 0.05) is 35.4 Å². The minimum Gasteiger partial charge on any atom is -0.466 e. The largest absolute Gasteiger partial charge is 0.466 e. The van der Waals surface area contributed by atoms with Crippen molar-refractivity contribution in [3.05, 3.63) is 88.4 Å². The summed E-state index contributed by atoms with van der Waals surface area (Å²) in [7, 11) is -4.00. The van der Waals surface area contributed by atoms with Gasteiger partial charge < -0.3 is 15.0 Å². The van der Waals surface area contributed by atoms with Gasteiger partial charge in [0.15, 0.2) is 0 Å². The highest BCUT2D eigenvalue weighted by molar-refractivity contribution is 7.89. The Kier molecular flexibility index (Phi) is 8.97. The van der Waals surface area contributed by atoms with Gasteiger partial charge in [-0.2, -0.15) is 0 Å². The first-order chi connectivity index (χ1) is 19.7. The number of benzene rings is 3. The third-order valence-corrected chi connectivity index (χ3v) is 9.49. The molecule has 1 aliphatic heterocycles. The quantitative estimate of drug-likeness (QED) is 0.322. The molecule has 1 atom stereocenters. The van der Waals surface area contributed by atoms with Crippen molar-refractivity contribution in [3.63, 3.8) is 0 Å². The molecule has 1 aliphatic carbocycles. The van der Waals surface area contributed by atoms with Crippen molar-refractivity contribution < 1.29 is 22.7 Å². The van der Waals surface area contributed by atoms with Crippen LogP contribution in [0.5, 0.6) is 0 Å². The molecule has 1 heterocycles. The second-order valence-corrected chi connectivity index (χ2v) is 12.5. The second-order valence-electron chi connectivity index (χ2n) is 10.4. The SMILES string of the molecule is CCOC(=O)C1CCN(c2ccc(NC(=O)c3ccc(Cl)cc3)cc2S(=O)(=O)N[C@H]2CCCc3ccccc32)CC1. The summed E-state index contributed by atoms with van der Waals surface area (Å²) in [6, 6.07) is 19.0. The van der Waals surface area contributed by atoms with Crippen LogP contribution in [-0.2, 0) is 26.0 Å². The van der Waals surface area contributed by atoms with Crippen molar-refractivity contribution in [1.82, 2.24) is 4.72 Å². The Morgan fingerprint density at radius 3 is 2.46 bits per heavy atom. The number of piperidine rings is 1. The Hall–Kier alpha value is -3.40. The predicted octanol–water partition coefficient (Wildman–Crippen LogP) is 5.73. The van der Waals surface area contributed by atoms with Gasteiger partial charge in [-0.15, -0.1) is 0 Å². The number of esters is 1. The van der Waals surface area contributed by atoms with Crippen LogP contribution in [-0.4, -0.2) is 40.0 Å². The molecule has 2 aliphatic rings. The number of nitrogens with one attached hydrogen (secondary N) is 2. The van der Waals surface area contributed by atoms with Gasteiger partial charge >= 0.3 is 5.97 Å². The fourth-order valence-electron chi connectivity index (χ4n) is 5.62. The van der Waals surface area contributed by atoms with Crippen LogP contribution in [0.4, 0.5) is 11.4 Å². The monoisotopic (exact) mass is 595 g/mol. The van der Waals surface area contributed by atoms with Crippen LogP contribution in [0.3, 0.4) is 0 Å². The highest BCUT2D eigenvalue weighted by Crippen LogP contribution is 2.35. The minimum atomic E-state index is -4.00. The predicted molar refractivity (Wildman–Crippen MR) is 160 cm³/mol. The number of hydrogen-bond donors (Lipinski definition) is 2. The van der Waals surface area contributed by atoms with E-state index in [4.69, 9.17) is 16.3 Å². The molecular weight excluding hydrogens is 562 g/mol. The first-order valence-corrected chi connectivity index (χ1v) is 15.8. The number of amides is 1. The molecule has 0 unspecified atom stereocenters. The first kappa shape index (κ1) is 29.1. The number of hydrogen-bond acceptors (Lipinski definition) is 6. The fourth-order valence-corrected chi connectivity index (χ4v) is 7.24. The van der Waals surface area contributed by atoms with Crippen molar-refractivity contribution in [2.24, 2.45) is 5.92 Å². The van der Waals surface area contributed by atoms with Gasteiger partial charge in [-0.25, -0.2) is 13.1 Å². The Bertz CT molecular complexity index is 1520. The third-order valence-electron chi connectivity index (χ3n) is 7.74. The molecule has 1 saturated heterocycles. The lowest BCUT2D eigenvalue weighted by Gasteiger charge is -2.34. The molecule has 5 rings (SSSR count). The molecule has 0 saturated carbocycles. The minimum absolute atomic E-state index is 0.0871. The summed E-state index contributed by atoms with van der Waals surface area (Å²) in [6.07, 6.45) is 3.63. The lowest BCUT2D eigenvalue weighted by molar-refractivity contribution is -0.148. The average molecular weight is 596 g/mol. The summed E-state index contributed by atoms with van der Waals surface area (Å²) < 4.78 is 36.2. The topological polar surface area (TPSA) is 105 Å². The van der Waals surface area contributed by atoms with Gasteiger partial charge in [-0.1, -0.05) is 35.9 Å².